The maximum absolute atomic E-state index is 14.2. The molecular formula is C17H6F30O6. The van der Waals surface area contributed by atoms with E-state index >= 15 is 0 Å². The van der Waals surface area contributed by atoms with Crippen molar-refractivity contribution in [2.75, 3.05) is 13.2 Å². The first kappa shape index (κ1) is 50.7. The highest BCUT2D eigenvalue weighted by Crippen LogP contribution is 2.63. The van der Waals surface area contributed by atoms with Crippen LogP contribution in [0.4, 0.5) is 132 Å². The molecular weight excluding hydrogens is 870 g/mol. The molecule has 0 amide bonds. The van der Waals surface area contributed by atoms with Crippen LogP contribution in [0.25, 0.3) is 0 Å². The molecule has 0 bridgehead atoms. The van der Waals surface area contributed by atoms with Gasteiger partial charge >= 0.3 is 90.3 Å². The molecule has 0 rings (SSSR count). The Labute approximate surface area is 266 Å². The third kappa shape index (κ3) is 8.15. The molecule has 320 valence electrons. The summed E-state index contributed by atoms with van der Waals surface area (Å²) in [6, 6.07) is 0. The molecule has 36 heteroatoms. The number of aliphatic hydroxyl groups excluding tert-OH is 2. The van der Waals surface area contributed by atoms with Crippen molar-refractivity contribution < 1.29 is 161 Å². The molecule has 0 unspecified atom stereocenters. The van der Waals surface area contributed by atoms with Crippen LogP contribution in [-0.2, 0) is 18.9 Å². The molecule has 2 N–H and O–H groups in total. The van der Waals surface area contributed by atoms with Gasteiger partial charge in [0.05, 0.1) is 0 Å². The molecule has 0 spiro atoms. The van der Waals surface area contributed by atoms with Crippen molar-refractivity contribution >= 4 is 0 Å². The van der Waals surface area contributed by atoms with E-state index in [2.05, 4.69) is 0 Å². The van der Waals surface area contributed by atoms with Crippen molar-refractivity contribution in [3.8, 4) is 0 Å². The first-order valence-electron chi connectivity index (χ1n) is 11.1. The minimum Gasteiger partial charge on any atom is -0.390 e. The van der Waals surface area contributed by atoms with Crippen LogP contribution in [0.15, 0.2) is 0 Å². The van der Waals surface area contributed by atoms with Gasteiger partial charge < -0.3 is 10.2 Å². The number of ether oxygens (including phenoxy) is 4. The van der Waals surface area contributed by atoms with Gasteiger partial charge in [-0.25, -0.2) is 0 Å². The molecule has 4 atom stereocenters. The number of rotatable bonds is 16. The Kier molecular flexibility index (Phi) is 12.8. The van der Waals surface area contributed by atoms with Crippen molar-refractivity contribution in [2.24, 2.45) is 0 Å². The Morgan fingerprint density at radius 2 is 0.472 bits per heavy atom. The van der Waals surface area contributed by atoms with E-state index in [0.29, 0.717) is 0 Å². The molecule has 6 nitrogen and oxygen atoms in total. The topological polar surface area (TPSA) is 77.4 Å². The Bertz CT molecular complexity index is 1180. The van der Waals surface area contributed by atoms with Gasteiger partial charge in [-0.15, -0.1) is 0 Å². The number of hydrogen-bond acceptors (Lipinski definition) is 6. The van der Waals surface area contributed by atoms with Crippen LogP contribution >= 0.6 is 0 Å². The third-order valence-corrected chi connectivity index (χ3v) is 5.37. The van der Waals surface area contributed by atoms with E-state index in [1.54, 1.807) is 0 Å². The smallest absolute Gasteiger partial charge is 0.390 e. The monoisotopic (exact) mass is 876 g/mol. The average molecular weight is 876 g/mol. The van der Waals surface area contributed by atoms with Crippen LogP contribution in [0.1, 0.15) is 0 Å². The van der Waals surface area contributed by atoms with E-state index in [4.69, 9.17) is 10.2 Å². The summed E-state index contributed by atoms with van der Waals surface area (Å²) in [5, 5.41) is 16.2. The average Bonchev–Trinajstić information content (AvgIpc) is 2.88. The first-order chi connectivity index (χ1) is 22.4. The van der Waals surface area contributed by atoms with Crippen LogP contribution in [0, 0.1) is 0 Å². The van der Waals surface area contributed by atoms with Gasteiger partial charge in [-0.05, 0) is 0 Å². The zero-order chi connectivity index (χ0) is 43.7. The zero-order valence-corrected chi connectivity index (χ0v) is 22.8. The zero-order valence-electron chi connectivity index (χ0n) is 22.8. The van der Waals surface area contributed by atoms with Crippen LogP contribution in [0.3, 0.4) is 0 Å². The molecule has 0 aromatic heterocycles. The summed E-state index contributed by atoms with van der Waals surface area (Å²) in [6.07, 6.45) is -67.1. The van der Waals surface area contributed by atoms with Gasteiger partial charge in [0.2, 0.25) is 0 Å². The quantitative estimate of drug-likeness (QED) is 0.152. The van der Waals surface area contributed by atoms with E-state index in [1.165, 1.54) is 9.47 Å². The van der Waals surface area contributed by atoms with Crippen LogP contribution in [0.5, 0.6) is 0 Å². The fraction of sp³-hybridized carbons (Fsp3) is 1.00. The van der Waals surface area contributed by atoms with E-state index in [-0.39, 0.29) is 0 Å². The second-order valence-corrected chi connectivity index (χ2v) is 9.15. The first-order valence-corrected chi connectivity index (χ1v) is 11.1. The summed E-state index contributed by atoms with van der Waals surface area (Å²) in [4.78, 5) is 0. The lowest BCUT2D eigenvalue weighted by molar-refractivity contribution is -0.567. The summed E-state index contributed by atoms with van der Waals surface area (Å²) in [5.74, 6) is -59.9. The van der Waals surface area contributed by atoms with Crippen molar-refractivity contribution in [3.05, 3.63) is 0 Å². The summed E-state index contributed by atoms with van der Waals surface area (Å²) in [7, 11) is 0. The molecule has 53 heavy (non-hydrogen) atoms. The number of aliphatic hydroxyl groups is 2. The molecule has 0 aromatic rings. The summed E-state index contributed by atoms with van der Waals surface area (Å²) in [6.45, 7) is -7.57. The van der Waals surface area contributed by atoms with Gasteiger partial charge in [0, 0.05) is 0 Å². The van der Waals surface area contributed by atoms with Gasteiger partial charge in [0.25, 0.3) is 0 Å². The second-order valence-electron chi connectivity index (χ2n) is 9.15. The summed E-state index contributed by atoms with van der Waals surface area (Å²) in [5.41, 5.74) is 0. The van der Waals surface area contributed by atoms with Gasteiger partial charge in [0.15, 0.2) is 0 Å². The molecule has 0 aliphatic rings. The Balaban J connectivity index is 7.45. The van der Waals surface area contributed by atoms with Gasteiger partial charge in [-0.2, -0.15) is 132 Å². The van der Waals surface area contributed by atoms with Gasteiger partial charge in [-0.1, -0.05) is 0 Å². The van der Waals surface area contributed by atoms with E-state index in [1.807, 2.05) is 0 Å². The lowest BCUT2D eigenvalue weighted by Crippen LogP contribution is -2.73. The second kappa shape index (κ2) is 13.4. The fourth-order valence-corrected chi connectivity index (χ4v) is 2.51. The van der Waals surface area contributed by atoms with E-state index in [0.717, 1.165) is 9.47 Å². The SMILES string of the molecule is OC[C@@](F)(OC(F)(F)[C@@](F)(OC(F)(F)C(F)(F)C(F)(F)C(F)(F)C(F)(F)O[C@](F)(C(F)(F)F)C(F)(F)O[C@@](F)(CO)C(F)(F)F)C(F)(F)F)C(F)(F)F. The van der Waals surface area contributed by atoms with Gasteiger partial charge in [-0.3, -0.25) is 18.9 Å². The minimum absolute atomic E-state index is 0.895. The Morgan fingerprint density at radius 1 is 0.264 bits per heavy atom. The van der Waals surface area contributed by atoms with E-state index in [9.17, 15) is 132 Å². The molecule has 0 fully saturated rings. The molecule has 0 saturated carbocycles. The largest absolute Gasteiger partial charge is 0.458 e. The Hall–Kier alpha value is -2.34. The molecule has 0 radical (unpaired) electrons. The fourth-order valence-electron chi connectivity index (χ4n) is 2.51. The standard InChI is InChI=1S/C17H6F30O6/c18-3(1-48,10(28,29)30)50-16(44,45)8(26,12(34,35)36)52-14(40,41)6(22,23)5(20,21)7(24,25)15(42,43)53-9(27,13(37,38)39)17(46,47)51-4(19,2-49)11(31,32)33/h48-49H,1-2H2/t3-,4+,8+,9-. The third-order valence-electron chi connectivity index (χ3n) is 5.37. The highest BCUT2D eigenvalue weighted by Gasteiger charge is 2.93. The van der Waals surface area contributed by atoms with E-state index < -0.39 is 104 Å². The summed E-state index contributed by atoms with van der Waals surface area (Å²) < 4.78 is 406. The lowest BCUT2D eigenvalue weighted by Gasteiger charge is -2.44. The van der Waals surface area contributed by atoms with Crippen LogP contribution in [0.2, 0.25) is 0 Å². The van der Waals surface area contributed by atoms with Crippen molar-refractivity contribution in [2.45, 2.75) is 90.3 Å². The van der Waals surface area contributed by atoms with Crippen molar-refractivity contribution in [1.82, 2.24) is 0 Å². The highest BCUT2D eigenvalue weighted by atomic mass is 19.4. The molecule has 0 heterocycles. The minimum atomic E-state index is -9.61. The van der Waals surface area contributed by atoms with Crippen LogP contribution < -0.4 is 0 Å². The number of halogens is 30. The maximum Gasteiger partial charge on any atom is 0.458 e. The maximum atomic E-state index is 14.2. The van der Waals surface area contributed by atoms with Crippen molar-refractivity contribution in [3.63, 3.8) is 0 Å². The lowest BCUT2D eigenvalue weighted by atomic mass is 10.0. The number of hydrogen-bond donors (Lipinski definition) is 2. The predicted molar refractivity (Wildman–Crippen MR) is 92.7 cm³/mol. The molecule has 0 aliphatic heterocycles. The predicted octanol–water partition coefficient (Wildman–Crippen LogP) is 8.23. The number of alkyl halides is 30. The normalized spacial score (nSPS) is 20.4. The highest BCUT2D eigenvalue weighted by molar-refractivity contribution is 5.07. The summed E-state index contributed by atoms with van der Waals surface area (Å²) >= 11 is 0. The molecule has 0 aromatic carbocycles. The Morgan fingerprint density at radius 3 is 0.623 bits per heavy atom. The molecule has 0 aliphatic carbocycles. The van der Waals surface area contributed by atoms with Crippen molar-refractivity contribution in [1.29, 1.82) is 0 Å². The van der Waals surface area contributed by atoms with Crippen LogP contribution in [-0.4, -0.2) is 114 Å². The van der Waals surface area contributed by atoms with Gasteiger partial charge in [0.1, 0.15) is 13.2 Å². The molecule has 0 saturated heterocycles.